The lowest BCUT2D eigenvalue weighted by atomic mass is 10.0. The largest absolute Gasteiger partial charge is 0.394 e. The smallest absolute Gasteiger partial charge is 0.222 e. The summed E-state index contributed by atoms with van der Waals surface area (Å²) < 4.78 is 0. The molecule has 0 spiro atoms. The van der Waals surface area contributed by atoms with Gasteiger partial charge in [0.25, 0.3) is 0 Å². The van der Waals surface area contributed by atoms with Crippen LogP contribution in [0.25, 0.3) is 0 Å². The van der Waals surface area contributed by atoms with Gasteiger partial charge in [-0.2, -0.15) is 0 Å². The van der Waals surface area contributed by atoms with Gasteiger partial charge in [0.2, 0.25) is 5.91 Å². The Morgan fingerprint density at radius 2 is 0.868 bits per heavy atom. The molecule has 4 N–H and O–H groups in total. The van der Waals surface area contributed by atoms with Gasteiger partial charge in [0.1, 0.15) is 0 Å². The lowest BCUT2D eigenvalue weighted by Crippen LogP contribution is -2.45. The van der Waals surface area contributed by atoms with E-state index in [0.29, 0.717) is 6.42 Å². The van der Waals surface area contributed by atoms with Crippen LogP contribution in [0, 0.1) is 0 Å². The Labute approximate surface area is 329 Å². The zero-order valence-electron chi connectivity index (χ0n) is 35.1. The van der Waals surface area contributed by atoms with Crippen LogP contribution in [0.5, 0.6) is 0 Å². The summed E-state index contributed by atoms with van der Waals surface area (Å²) in [6, 6.07) is -0.766. The third kappa shape index (κ3) is 39.8. The van der Waals surface area contributed by atoms with Crippen LogP contribution in [0.2, 0.25) is 0 Å². The van der Waals surface area contributed by atoms with Crippen molar-refractivity contribution in [2.24, 2.45) is 0 Å². The fraction of sp³-hybridized carbons (Fsp3) is 0.812. The van der Waals surface area contributed by atoms with E-state index < -0.39 is 18.2 Å². The van der Waals surface area contributed by atoms with Crippen LogP contribution < -0.4 is 5.32 Å². The van der Waals surface area contributed by atoms with Crippen molar-refractivity contribution < 1.29 is 20.1 Å². The molecule has 0 bridgehead atoms. The van der Waals surface area contributed by atoms with Gasteiger partial charge in [-0.15, -0.1) is 0 Å². The van der Waals surface area contributed by atoms with Gasteiger partial charge in [-0.3, -0.25) is 4.79 Å². The van der Waals surface area contributed by atoms with Crippen molar-refractivity contribution in [3.8, 4) is 0 Å². The van der Waals surface area contributed by atoms with Gasteiger partial charge in [-0.1, -0.05) is 204 Å². The minimum atomic E-state index is -0.958. The first-order chi connectivity index (χ1) is 26.0. The average molecular weight is 744 g/mol. The molecule has 5 nitrogen and oxygen atoms in total. The predicted octanol–water partition coefficient (Wildman–Crippen LogP) is 13.3. The molecule has 1 amide bonds. The summed E-state index contributed by atoms with van der Waals surface area (Å²) in [6.45, 7) is 4.07. The monoisotopic (exact) mass is 744 g/mol. The maximum absolute atomic E-state index is 12.4. The minimum Gasteiger partial charge on any atom is -0.394 e. The number of amides is 1. The fourth-order valence-corrected chi connectivity index (χ4v) is 6.84. The standard InChI is InChI=1S/C48H89NO4/c1-3-5-7-9-11-13-15-16-17-18-19-20-21-22-23-24-25-26-27-28-29-30-31-32-33-35-37-39-41-45(51)43-48(53)49-46(44-50)47(52)42-40-38-36-34-14-12-10-8-6-4-2/h6,8,14,22-23,34,40,42,45-47,50-52H,3-5,7,9-13,15-21,24-33,35-39,41,43-44H2,1-2H3,(H,49,53)/b8-6+,23-22-,34-14+,42-40+. The number of unbranched alkanes of at least 4 members (excludes halogenated alkanes) is 26. The number of carbonyl (C=O) groups excluding carboxylic acids is 1. The number of aliphatic hydroxyl groups is 3. The first-order valence-electron chi connectivity index (χ1n) is 22.9. The van der Waals surface area contributed by atoms with Crippen molar-refractivity contribution in [1.29, 1.82) is 0 Å². The van der Waals surface area contributed by atoms with E-state index in [1.807, 2.05) is 6.08 Å². The van der Waals surface area contributed by atoms with E-state index in [9.17, 15) is 20.1 Å². The Hall–Kier alpha value is -1.69. The molecule has 3 atom stereocenters. The molecule has 310 valence electrons. The number of hydrogen-bond acceptors (Lipinski definition) is 4. The molecule has 0 rings (SSSR count). The summed E-state index contributed by atoms with van der Waals surface area (Å²) in [6.07, 6.45) is 55.7. The van der Waals surface area contributed by atoms with Crippen LogP contribution in [0.15, 0.2) is 48.6 Å². The molecule has 0 aromatic heterocycles. The van der Waals surface area contributed by atoms with Gasteiger partial charge in [0.15, 0.2) is 0 Å². The third-order valence-electron chi connectivity index (χ3n) is 10.3. The van der Waals surface area contributed by atoms with E-state index in [1.54, 1.807) is 6.08 Å². The number of nitrogens with one attached hydrogen (secondary N) is 1. The van der Waals surface area contributed by atoms with E-state index in [-0.39, 0.29) is 18.9 Å². The van der Waals surface area contributed by atoms with E-state index in [4.69, 9.17) is 0 Å². The van der Waals surface area contributed by atoms with Gasteiger partial charge in [0, 0.05) is 0 Å². The Balaban J connectivity index is 3.55. The highest BCUT2D eigenvalue weighted by Crippen LogP contribution is 2.15. The van der Waals surface area contributed by atoms with Crippen LogP contribution in [0.1, 0.15) is 226 Å². The van der Waals surface area contributed by atoms with Crippen molar-refractivity contribution in [3.05, 3.63) is 48.6 Å². The van der Waals surface area contributed by atoms with E-state index >= 15 is 0 Å². The van der Waals surface area contributed by atoms with Crippen LogP contribution in [0.3, 0.4) is 0 Å². The van der Waals surface area contributed by atoms with E-state index in [1.165, 1.54) is 154 Å². The summed E-state index contributed by atoms with van der Waals surface area (Å²) in [7, 11) is 0. The van der Waals surface area contributed by atoms with Gasteiger partial charge < -0.3 is 20.6 Å². The van der Waals surface area contributed by atoms with Crippen LogP contribution >= 0.6 is 0 Å². The zero-order chi connectivity index (χ0) is 38.7. The van der Waals surface area contributed by atoms with E-state index in [2.05, 4.69) is 55.6 Å². The summed E-state index contributed by atoms with van der Waals surface area (Å²) in [4.78, 5) is 12.4. The minimum absolute atomic E-state index is 0.00137. The SMILES string of the molecule is CC/C=C/CC/C=C/CC/C=C/C(O)C(CO)NC(=O)CC(O)CCCCCCCCCCCCCC/C=C\CCCCCCCCCCCCCC. The fourth-order valence-electron chi connectivity index (χ4n) is 6.84. The number of aliphatic hydroxyl groups excluding tert-OH is 3. The highest BCUT2D eigenvalue weighted by molar-refractivity contribution is 5.76. The number of rotatable bonds is 41. The molecular weight excluding hydrogens is 655 g/mol. The van der Waals surface area contributed by atoms with Crippen molar-refractivity contribution in [1.82, 2.24) is 5.32 Å². The lowest BCUT2D eigenvalue weighted by Gasteiger charge is -2.21. The maximum Gasteiger partial charge on any atom is 0.222 e. The Morgan fingerprint density at radius 3 is 1.30 bits per heavy atom. The van der Waals surface area contributed by atoms with Crippen molar-refractivity contribution in [2.75, 3.05) is 6.61 Å². The molecule has 3 unspecified atom stereocenters. The normalized spacial score (nSPS) is 14.0. The van der Waals surface area contributed by atoms with Gasteiger partial charge in [-0.05, 0) is 64.2 Å². The molecule has 0 aromatic carbocycles. The first-order valence-corrected chi connectivity index (χ1v) is 22.9. The average Bonchev–Trinajstić information content (AvgIpc) is 3.15. The zero-order valence-corrected chi connectivity index (χ0v) is 35.1. The lowest BCUT2D eigenvalue weighted by molar-refractivity contribution is -0.124. The molecule has 0 heterocycles. The summed E-state index contributed by atoms with van der Waals surface area (Å²) in [5, 5.41) is 33.1. The van der Waals surface area contributed by atoms with Gasteiger partial charge in [0.05, 0.1) is 31.3 Å². The van der Waals surface area contributed by atoms with Crippen molar-refractivity contribution in [3.63, 3.8) is 0 Å². The number of hydrogen-bond donors (Lipinski definition) is 4. The second kappa shape index (κ2) is 43.0. The molecule has 0 fully saturated rings. The molecule has 0 aromatic rings. The number of carbonyl (C=O) groups is 1. The molecule has 0 saturated carbocycles. The highest BCUT2D eigenvalue weighted by atomic mass is 16.3. The number of allylic oxidation sites excluding steroid dienone is 7. The van der Waals surface area contributed by atoms with Crippen molar-refractivity contribution >= 4 is 5.91 Å². The Morgan fingerprint density at radius 1 is 0.491 bits per heavy atom. The quantitative estimate of drug-likeness (QED) is 0.0371. The van der Waals surface area contributed by atoms with Crippen LogP contribution in [-0.2, 0) is 4.79 Å². The molecule has 0 aliphatic carbocycles. The molecule has 5 heteroatoms. The molecule has 0 aliphatic heterocycles. The maximum atomic E-state index is 12.4. The topological polar surface area (TPSA) is 89.8 Å². The van der Waals surface area contributed by atoms with E-state index in [0.717, 1.165) is 44.9 Å². The third-order valence-corrected chi connectivity index (χ3v) is 10.3. The Bertz CT molecular complexity index is 866. The second-order valence-corrected chi connectivity index (χ2v) is 15.6. The van der Waals surface area contributed by atoms with Crippen molar-refractivity contribution in [2.45, 2.75) is 244 Å². The highest BCUT2D eigenvalue weighted by Gasteiger charge is 2.20. The van der Waals surface area contributed by atoms with Crippen LogP contribution in [-0.4, -0.2) is 46.1 Å². The molecule has 53 heavy (non-hydrogen) atoms. The summed E-state index contributed by atoms with van der Waals surface area (Å²) in [5.74, 6) is -0.332. The second-order valence-electron chi connectivity index (χ2n) is 15.6. The Kier molecular flexibility index (Phi) is 41.7. The molecule has 0 aliphatic rings. The molecular formula is C48H89NO4. The molecule has 0 saturated heterocycles. The van der Waals surface area contributed by atoms with Gasteiger partial charge >= 0.3 is 0 Å². The summed E-state index contributed by atoms with van der Waals surface area (Å²) >= 11 is 0. The first kappa shape index (κ1) is 51.3. The summed E-state index contributed by atoms with van der Waals surface area (Å²) in [5.41, 5.74) is 0. The van der Waals surface area contributed by atoms with Gasteiger partial charge in [-0.25, -0.2) is 0 Å². The molecule has 0 radical (unpaired) electrons. The van der Waals surface area contributed by atoms with Crippen LogP contribution in [0.4, 0.5) is 0 Å². The predicted molar refractivity (Wildman–Crippen MR) is 231 cm³/mol.